The molecule has 176 valence electrons. The first-order valence-electron chi connectivity index (χ1n) is 11.4. The van der Waals surface area contributed by atoms with E-state index in [1.54, 1.807) is 0 Å². The van der Waals surface area contributed by atoms with Gasteiger partial charge in [-0.05, 0) is 56.4 Å². The Bertz CT molecular complexity index is 918. The minimum absolute atomic E-state index is 0.0499. The van der Waals surface area contributed by atoms with Gasteiger partial charge in [0.1, 0.15) is 5.82 Å². The zero-order valence-electron chi connectivity index (χ0n) is 18.3. The summed E-state index contributed by atoms with van der Waals surface area (Å²) in [5.74, 6) is -0.640. The largest absolute Gasteiger partial charge is 0.339 e. The molecule has 0 aromatic heterocycles. The molecule has 3 saturated heterocycles. The van der Waals surface area contributed by atoms with Crippen LogP contribution in [0.25, 0.3) is 0 Å². The summed E-state index contributed by atoms with van der Waals surface area (Å²) >= 11 is 0. The predicted octanol–water partition coefficient (Wildman–Crippen LogP) is 1.98. The van der Waals surface area contributed by atoms with Gasteiger partial charge in [-0.3, -0.25) is 4.79 Å². The Balaban J connectivity index is 1.27. The van der Waals surface area contributed by atoms with E-state index in [1.165, 1.54) is 22.9 Å². The number of piperidine rings is 2. The molecule has 0 N–H and O–H groups in total. The number of carbonyl (C=O) groups excluding carboxylic acids is 2. The molecule has 0 saturated carbocycles. The third-order valence-electron chi connectivity index (χ3n) is 6.74. The van der Waals surface area contributed by atoms with E-state index in [2.05, 4.69) is 0 Å². The molecule has 0 atom stereocenters. The fraction of sp³-hybridized carbons (Fsp3) is 0.636. The Labute approximate surface area is 189 Å². The zero-order valence-corrected chi connectivity index (χ0v) is 19.1. The fourth-order valence-electron chi connectivity index (χ4n) is 4.76. The monoisotopic (exact) mass is 466 g/mol. The number of halogens is 1. The molecule has 0 aliphatic carbocycles. The second-order valence-corrected chi connectivity index (χ2v) is 10.7. The highest BCUT2D eigenvalue weighted by molar-refractivity contribution is 7.89. The highest BCUT2D eigenvalue weighted by atomic mass is 32.2. The van der Waals surface area contributed by atoms with E-state index in [0.717, 1.165) is 38.1 Å². The number of likely N-dealkylation sites (tertiary alicyclic amines) is 1. The van der Waals surface area contributed by atoms with Gasteiger partial charge in [0.25, 0.3) is 0 Å². The van der Waals surface area contributed by atoms with Crippen LogP contribution in [0.4, 0.5) is 9.18 Å². The summed E-state index contributed by atoms with van der Waals surface area (Å²) in [5, 5.41) is 0. The Hall–Kier alpha value is -2.20. The van der Waals surface area contributed by atoms with Crippen LogP contribution < -0.4 is 0 Å². The van der Waals surface area contributed by atoms with Gasteiger partial charge in [-0.1, -0.05) is 0 Å². The van der Waals surface area contributed by atoms with Crippen molar-refractivity contribution in [1.29, 1.82) is 0 Å². The molecular formula is C22H31FN4O4S. The lowest BCUT2D eigenvalue weighted by atomic mass is 9.96. The van der Waals surface area contributed by atoms with E-state index in [4.69, 9.17) is 0 Å². The molecule has 0 spiro atoms. The summed E-state index contributed by atoms with van der Waals surface area (Å²) in [6, 6.07) is 4.90. The van der Waals surface area contributed by atoms with Crippen LogP contribution in [0.1, 0.15) is 32.1 Å². The minimum atomic E-state index is -3.69. The van der Waals surface area contributed by atoms with Crippen LogP contribution >= 0.6 is 0 Å². The molecule has 8 nitrogen and oxygen atoms in total. The summed E-state index contributed by atoms with van der Waals surface area (Å²) in [7, 11) is -3.69. The van der Waals surface area contributed by atoms with Gasteiger partial charge in [0.2, 0.25) is 15.9 Å². The molecule has 0 radical (unpaired) electrons. The van der Waals surface area contributed by atoms with Crippen LogP contribution in [0.5, 0.6) is 0 Å². The lowest BCUT2D eigenvalue weighted by Gasteiger charge is -2.40. The topological polar surface area (TPSA) is 81.2 Å². The minimum Gasteiger partial charge on any atom is -0.339 e. The van der Waals surface area contributed by atoms with Gasteiger partial charge in [0, 0.05) is 58.3 Å². The average Bonchev–Trinajstić information content (AvgIpc) is 2.84. The van der Waals surface area contributed by atoms with Crippen molar-refractivity contribution < 1.29 is 22.4 Å². The number of benzene rings is 1. The number of carbonyl (C=O) groups is 2. The van der Waals surface area contributed by atoms with Gasteiger partial charge >= 0.3 is 6.03 Å². The van der Waals surface area contributed by atoms with Gasteiger partial charge in [-0.2, -0.15) is 4.31 Å². The van der Waals surface area contributed by atoms with Crippen molar-refractivity contribution in [2.75, 3.05) is 52.4 Å². The van der Waals surface area contributed by atoms with Crippen molar-refractivity contribution in [2.24, 2.45) is 5.92 Å². The maximum Gasteiger partial charge on any atom is 0.320 e. The van der Waals surface area contributed by atoms with E-state index in [9.17, 15) is 22.4 Å². The standard InChI is InChI=1S/C22H31FN4O4S/c23-19-4-6-20(7-5-19)32(30,31)27-12-8-18(9-13-27)21(28)24-14-16-26(17-15-24)22(29)25-10-2-1-3-11-25/h4-7,18H,1-3,8-17H2. The van der Waals surface area contributed by atoms with Crippen molar-refractivity contribution in [3.63, 3.8) is 0 Å². The first-order valence-corrected chi connectivity index (χ1v) is 12.9. The van der Waals surface area contributed by atoms with Crippen LogP contribution in [-0.4, -0.2) is 91.7 Å². The molecule has 3 amide bonds. The smallest absolute Gasteiger partial charge is 0.320 e. The SMILES string of the molecule is O=C(C1CCN(S(=O)(=O)c2ccc(F)cc2)CC1)N1CCN(C(=O)N2CCCCC2)CC1. The van der Waals surface area contributed by atoms with Crippen LogP contribution in [0, 0.1) is 11.7 Å². The van der Waals surface area contributed by atoms with Crippen molar-refractivity contribution in [3.8, 4) is 0 Å². The zero-order chi connectivity index (χ0) is 22.7. The Morgan fingerprint density at radius 3 is 1.88 bits per heavy atom. The summed E-state index contributed by atoms with van der Waals surface area (Å²) < 4.78 is 40.0. The van der Waals surface area contributed by atoms with Crippen molar-refractivity contribution in [1.82, 2.24) is 19.0 Å². The Morgan fingerprint density at radius 1 is 0.750 bits per heavy atom. The highest BCUT2D eigenvalue weighted by Crippen LogP contribution is 2.26. The van der Waals surface area contributed by atoms with E-state index >= 15 is 0 Å². The number of sulfonamides is 1. The molecule has 32 heavy (non-hydrogen) atoms. The molecule has 3 fully saturated rings. The molecule has 4 rings (SSSR count). The highest BCUT2D eigenvalue weighted by Gasteiger charge is 2.35. The molecular weight excluding hydrogens is 435 g/mol. The second-order valence-electron chi connectivity index (χ2n) is 8.77. The average molecular weight is 467 g/mol. The number of nitrogens with zero attached hydrogens (tertiary/aromatic N) is 4. The Morgan fingerprint density at radius 2 is 1.28 bits per heavy atom. The van der Waals surface area contributed by atoms with E-state index in [-0.39, 0.29) is 35.8 Å². The summed E-state index contributed by atoms with van der Waals surface area (Å²) in [6.07, 6.45) is 4.22. The van der Waals surface area contributed by atoms with Crippen molar-refractivity contribution in [3.05, 3.63) is 30.1 Å². The van der Waals surface area contributed by atoms with Crippen LogP contribution in [0.2, 0.25) is 0 Å². The first-order chi connectivity index (χ1) is 15.4. The van der Waals surface area contributed by atoms with Crippen molar-refractivity contribution >= 4 is 22.0 Å². The molecule has 0 unspecified atom stereocenters. The molecule has 3 heterocycles. The van der Waals surface area contributed by atoms with Crippen molar-refractivity contribution in [2.45, 2.75) is 37.0 Å². The van der Waals surface area contributed by atoms with E-state index in [0.29, 0.717) is 39.0 Å². The van der Waals surface area contributed by atoms with Gasteiger partial charge in [-0.25, -0.2) is 17.6 Å². The molecule has 1 aromatic rings. The van der Waals surface area contributed by atoms with Crippen LogP contribution in [-0.2, 0) is 14.8 Å². The summed E-state index contributed by atoms with van der Waals surface area (Å²) in [5.41, 5.74) is 0. The van der Waals surface area contributed by atoms with Crippen LogP contribution in [0.3, 0.4) is 0 Å². The quantitative estimate of drug-likeness (QED) is 0.682. The number of piperazine rings is 1. The third kappa shape index (κ3) is 4.91. The molecule has 1 aromatic carbocycles. The maximum absolute atomic E-state index is 13.1. The lowest BCUT2D eigenvalue weighted by molar-refractivity contribution is -0.138. The van der Waals surface area contributed by atoms with E-state index < -0.39 is 15.8 Å². The summed E-state index contributed by atoms with van der Waals surface area (Å²) in [6.45, 7) is 4.29. The van der Waals surface area contributed by atoms with E-state index in [1.807, 2.05) is 14.7 Å². The van der Waals surface area contributed by atoms with Gasteiger partial charge in [0.05, 0.1) is 4.90 Å². The van der Waals surface area contributed by atoms with Gasteiger partial charge in [0.15, 0.2) is 0 Å². The van der Waals surface area contributed by atoms with Gasteiger partial charge < -0.3 is 14.7 Å². The third-order valence-corrected chi connectivity index (χ3v) is 8.66. The number of hydrogen-bond donors (Lipinski definition) is 0. The molecule has 3 aliphatic rings. The van der Waals surface area contributed by atoms with Crippen LogP contribution in [0.15, 0.2) is 29.2 Å². The molecule has 0 bridgehead atoms. The maximum atomic E-state index is 13.1. The molecule has 10 heteroatoms. The number of hydrogen-bond acceptors (Lipinski definition) is 4. The number of rotatable bonds is 3. The van der Waals surface area contributed by atoms with Gasteiger partial charge in [-0.15, -0.1) is 0 Å². The normalized spacial score (nSPS) is 21.6. The predicted molar refractivity (Wildman–Crippen MR) is 117 cm³/mol. The second kappa shape index (κ2) is 9.74. The number of urea groups is 1. The Kier molecular flexibility index (Phi) is 6.99. The number of amides is 3. The summed E-state index contributed by atoms with van der Waals surface area (Å²) in [4.78, 5) is 31.3. The fourth-order valence-corrected chi connectivity index (χ4v) is 6.23. The first kappa shape index (κ1) is 23.0. The molecule has 3 aliphatic heterocycles. The lowest BCUT2D eigenvalue weighted by Crippen LogP contribution is -2.56.